The summed E-state index contributed by atoms with van der Waals surface area (Å²) in [5.41, 5.74) is 7.13. The van der Waals surface area contributed by atoms with Crippen molar-refractivity contribution >= 4 is 11.3 Å². The van der Waals surface area contributed by atoms with Crippen molar-refractivity contribution in [2.75, 3.05) is 25.1 Å². The molecule has 0 unspecified atom stereocenters. The number of ether oxygens (including phenoxy) is 1. The fourth-order valence-corrected chi connectivity index (χ4v) is 4.12. The van der Waals surface area contributed by atoms with Gasteiger partial charge in [0.2, 0.25) is 0 Å². The highest BCUT2D eigenvalue weighted by molar-refractivity contribution is 5.80. The summed E-state index contributed by atoms with van der Waals surface area (Å²) < 4.78 is 5.92. The van der Waals surface area contributed by atoms with Crippen LogP contribution < -0.4 is 9.64 Å². The Hall–Kier alpha value is -1.70. The zero-order valence-electron chi connectivity index (χ0n) is 14.7. The van der Waals surface area contributed by atoms with Crippen LogP contribution in [0.3, 0.4) is 0 Å². The molecule has 2 heteroatoms. The highest BCUT2D eigenvalue weighted by atomic mass is 16.5. The van der Waals surface area contributed by atoms with E-state index >= 15 is 0 Å². The quantitative estimate of drug-likeness (QED) is 0.673. The molecule has 0 N–H and O–H groups in total. The maximum absolute atomic E-state index is 5.92. The lowest BCUT2D eigenvalue weighted by atomic mass is 9.86. The van der Waals surface area contributed by atoms with Crippen LogP contribution in [-0.2, 0) is 12.8 Å². The molecule has 0 saturated heterocycles. The smallest absolute Gasteiger partial charge is 0.131 e. The Labute approximate surface area is 140 Å². The molecule has 2 heterocycles. The van der Waals surface area contributed by atoms with Crippen LogP contribution in [0.1, 0.15) is 55.7 Å². The third kappa shape index (κ3) is 3.04. The summed E-state index contributed by atoms with van der Waals surface area (Å²) in [6.07, 6.45) is 12.5. The highest BCUT2D eigenvalue weighted by Crippen LogP contribution is 2.45. The number of aryl methyl sites for hydroxylation is 1. The van der Waals surface area contributed by atoms with Gasteiger partial charge in [-0.2, -0.15) is 0 Å². The molecule has 0 aromatic heterocycles. The molecule has 0 amide bonds. The molecule has 0 radical (unpaired) electrons. The normalized spacial score (nSPS) is 17.0. The SMILES string of the molecule is C=C/C=C(/CCCC)c1cc2c3c(c1OC)CCCN3CCC2. The van der Waals surface area contributed by atoms with Crippen molar-refractivity contribution in [2.24, 2.45) is 0 Å². The predicted molar refractivity (Wildman–Crippen MR) is 99.5 cm³/mol. The molecule has 2 nitrogen and oxygen atoms in total. The Bertz CT molecular complexity index is 613. The minimum absolute atomic E-state index is 1.10. The van der Waals surface area contributed by atoms with E-state index in [9.17, 15) is 0 Å². The van der Waals surface area contributed by atoms with Crippen LogP contribution in [0, 0.1) is 0 Å². The molecule has 2 aliphatic rings. The molecule has 0 spiro atoms. The van der Waals surface area contributed by atoms with Gasteiger partial charge in [0.1, 0.15) is 5.75 Å². The van der Waals surface area contributed by atoms with Crippen molar-refractivity contribution in [1.29, 1.82) is 0 Å². The van der Waals surface area contributed by atoms with Gasteiger partial charge >= 0.3 is 0 Å². The Kier molecular flexibility index (Phi) is 5.09. The summed E-state index contributed by atoms with van der Waals surface area (Å²) in [7, 11) is 1.83. The molecule has 2 aliphatic heterocycles. The lowest BCUT2D eigenvalue weighted by Crippen LogP contribution is -2.34. The van der Waals surface area contributed by atoms with Crippen LogP contribution >= 0.6 is 0 Å². The van der Waals surface area contributed by atoms with Gasteiger partial charge in [-0.3, -0.25) is 0 Å². The van der Waals surface area contributed by atoms with E-state index < -0.39 is 0 Å². The number of anilines is 1. The van der Waals surface area contributed by atoms with Gasteiger partial charge in [-0.15, -0.1) is 0 Å². The summed E-state index contributed by atoms with van der Waals surface area (Å²) in [5.74, 6) is 1.11. The number of benzene rings is 1. The maximum Gasteiger partial charge on any atom is 0.131 e. The third-order valence-corrected chi connectivity index (χ3v) is 5.14. The van der Waals surface area contributed by atoms with Crippen LogP contribution in [0.2, 0.25) is 0 Å². The molecule has 1 aromatic carbocycles. The van der Waals surface area contributed by atoms with Gasteiger partial charge in [0, 0.05) is 29.9 Å². The highest BCUT2D eigenvalue weighted by Gasteiger charge is 2.28. The minimum Gasteiger partial charge on any atom is -0.496 e. The summed E-state index contributed by atoms with van der Waals surface area (Å²) >= 11 is 0. The molecule has 23 heavy (non-hydrogen) atoms. The van der Waals surface area contributed by atoms with Gasteiger partial charge in [-0.1, -0.05) is 32.1 Å². The molecule has 0 aliphatic carbocycles. The molecule has 0 atom stereocenters. The van der Waals surface area contributed by atoms with E-state index in [2.05, 4.69) is 30.5 Å². The standard InChI is InChI=1S/C21H29NO/c1-4-6-10-16(9-5-2)19-15-17-11-7-13-22-14-8-12-18(20(17)22)21(19)23-3/h5,9,15H,2,4,6-8,10-14H2,1,3H3/b16-9-. The number of methoxy groups -OCH3 is 1. The molecular weight excluding hydrogens is 282 g/mol. The van der Waals surface area contributed by atoms with Crippen molar-refractivity contribution in [2.45, 2.75) is 51.9 Å². The topological polar surface area (TPSA) is 12.5 Å². The van der Waals surface area contributed by atoms with Gasteiger partial charge in [0.25, 0.3) is 0 Å². The number of allylic oxidation sites excluding steroid dienone is 3. The first-order valence-electron chi connectivity index (χ1n) is 9.09. The van der Waals surface area contributed by atoms with Crippen LogP contribution in [0.15, 0.2) is 24.8 Å². The van der Waals surface area contributed by atoms with Gasteiger partial charge in [0.15, 0.2) is 0 Å². The second kappa shape index (κ2) is 7.25. The average Bonchev–Trinajstić information content (AvgIpc) is 2.59. The summed E-state index contributed by atoms with van der Waals surface area (Å²) in [6.45, 7) is 8.57. The van der Waals surface area contributed by atoms with Crippen molar-refractivity contribution < 1.29 is 4.74 Å². The first-order chi connectivity index (χ1) is 11.3. The van der Waals surface area contributed by atoms with E-state index in [-0.39, 0.29) is 0 Å². The number of hydrogen-bond acceptors (Lipinski definition) is 2. The average molecular weight is 311 g/mol. The van der Waals surface area contributed by atoms with E-state index in [0.29, 0.717) is 0 Å². The van der Waals surface area contributed by atoms with Crippen LogP contribution in [0.25, 0.3) is 5.57 Å². The second-order valence-corrected chi connectivity index (χ2v) is 6.67. The summed E-state index contributed by atoms with van der Waals surface area (Å²) in [4.78, 5) is 2.58. The van der Waals surface area contributed by atoms with Crippen LogP contribution in [0.5, 0.6) is 5.75 Å². The van der Waals surface area contributed by atoms with Crippen molar-refractivity contribution in [3.05, 3.63) is 41.5 Å². The fourth-order valence-electron chi connectivity index (χ4n) is 4.12. The predicted octanol–water partition coefficient (Wildman–Crippen LogP) is 5.15. The molecule has 0 bridgehead atoms. The molecule has 1 aromatic rings. The van der Waals surface area contributed by atoms with Crippen molar-refractivity contribution in [1.82, 2.24) is 0 Å². The Morgan fingerprint density at radius 1 is 1.30 bits per heavy atom. The van der Waals surface area contributed by atoms with E-state index in [1.54, 1.807) is 0 Å². The van der Waals surface area contributed by atoms with E-state index in [0.717, 1.165) is 18.6 Å². The number of unbranched alkanes of at least 4 members (excludes halogenated alkanes) is 1. The van der Waals surface area contributed by atoms with Gasteiger partial charge in [0.05, 0.1) is 7.11 Å². The Morgan fingerprint density at radius 3 is 2.78 bits per heavy atom. The fraction of sp³-hybridized carbons (Fsp3) is 0.524. The molecule has 124 valence electrons. The van der Waals surface area contributed by atoms with E-state index in [1.807, 2.05) is 13.2 Å². The first-order valence-corrected chi connectivity index (χ1v) is 9.09. The molecular formula is C21H29NO. The van der Waals surface area contributed by atoms with Gasteiger partial charge in [-0.25, -0.2) is 0 Å². The number of hydrogen-bond donors (Lipinski definition) is 0. The zero-order valence-corrected chi connectivity index (χ0v) is 14.7. The van der Waals surface area contributed by atoms with Crippen molar-refractivity contribution in [3.8, 4) is 5.75 Å². The van der Waals surface area contributed by atoms with Crippen molar-refractivity contribution in [3.63, 3.8) is 0 Å². The lowest BCUT2D eigenvalue weighted by Gasteiger charge is -2.38. The zero-order chi connectivity index (χ0) is 16.2. The van der Waals surface area contributed by atoms with Gasteiger partial charge < -0.3 is 9.64 Å². The van der Waals surface area contributed by atoms with Crippen LogP contribution in [0.4, 0.5) is 5.69 Å². The lowest BCUT2D eigenvalue weighted by molar-refractivity contribution is 0.405. The monoisotopic (exact) mass is 311 g/mol. The third-order valence-electron chi connectivity index (χ3n) is 5.14. The summed E-state index contributed by atoms with van der Waals surface area (Å²) in [5, 5.41) is 0. The molecule has 0 saturated carbocycles. The summed E-state index contributed by atoms with van der Waals surface area (Å²) in [6, 6.07) is 2.40. The largest absolute Gasteiger partial charge is 0.496 e. The van der Waals surface area contributed by atoms with Crippen LogP contribution in [-0.4, -0.2) is 20.2 Å². The van der Waals surface area contributed by atoms with Gasteiger partial charge in [-0.05, 0) is 55.7 Å². The molecule has 3 rings (SSSR count). The number of rotatable bonds is 6. The van der Waals surface area contributed by atoms with E-state index in [4.69, 9.17) is 4.74 Å². The van der Waals surface area contributed by atoms with E-state index in [1.165, 1.54) is 73.1 Å². The minimum atomic E-state index is 1.10. The Balaban J connectivity index is 2.13. The molecule has 0 fully saturated rings. The Morgan fingerprint density at radius 2 is 2.09 bits per heavy atom. The first kappa shape index (κ1) is 16.2. The second-order valence-electron chi connectivity index (χ2n) is 6.67. The maximum atomic E-state index is 5.92. The number of nitrogens with zero attached hydrogens (tertiary/aromatic N) is 1.